The molecule has 0 amide bonds. The number of carbonyl (C=O) groups is 3. The number of aromatic amines is 1. The van der Waals surface area contributed by atoms with Crippen LogP contribution in [-0.2, 0) is 60.8 Å². The molecule has 0 radical (unpaired) electrons. The van der Waals surface area contributed by atoms with Crippen LogP contribution in [0.1, 0.15) is 110 Å². The van der Waals surface area contributed by atoms with Crippen LogP contribution < -0.4 is 11.2 Å². The minimum Gasteiger partial charge on any atom is -0.455 e. The van der Waals surface area contributed by atoms with Crippen molar-refractivity contribution in [2.45, 2.75) is 155 Å². The number of rotatable bonds is 16. The van der Waals surface area contributed by atoms with Crippen molar-refractivity contribution < 1.29 is 47.5 Å². The molecule has 14 nitrogen and oxygen atoms in total. The Hall–Kier alpha value is -4.63. The molecular weight excluding hydrogens is 736 g/mol. The van der Waals surface area contributed by atoms with Crippen molar-refractivity contribution in [1.29, 1.82) is 0 Å². The van der Waals surface area contributed by atoms with Crippen molar-refractivity contribution in [1.82, 2.24) is 9.55 Å². The summed E-state index contributed by atoms with van der Waals surface area (Å²) in [6, 6.07) is 19.4. The van der Waals surface area contributed by atoms with E-state index >= 15 is 0 Å². The van der Waals surface area contributed by atoms with E-state index in [0.29, 0.717) is 44.5 Å². The Labute approximate surface area is 334 Å². The molecule has 0 saturated carbocycles. The summed E-state index contributed by atoms with van der Waals surface area (Å²) in [6.07, 6.45) is 1.08. The molecule has 0 bridgehead atoms. The molecule has 2 aliphatic heterocycles. The Morgan fingerprint density at radius 3 is 1.60 bits per heavy atom. The highest BCUT2D eigenvalue weighted by Gasteiger charge is 2.58. The third kappa shape index (κ3) is 11.3. The maximum absolute atomic E-state index is 12.6. The van der Waals surface area contributed by atoms with Crippen LogP contribution in [0.2, 0.25) is 0 Å². The van der Waals surface area contributed by atoms with E-state index in [9.17, 15) is 24.0 Å². The van der Waals surface area contributed by atoms with Gasteiger partial charge in [-0.1, -0.05) is 101 Å². The fraction of sp³-hybridized carbons (Fsp3) is 0.558. The molecule has 1 N–H and O–H groups in total. The van der Waals surface area contributed by atoms with Gasteiger partial charge in [0.15, 0.2) is 18.4 Å². The Morgan fingerprint density at radius 2 is 1.14 bits per heavy atom. The quantitative estimate of drug-likeness (QED) is 0.129. The maximum Gasteiger partial charge on any atom is 0.330 e. The smallest absolute Gasteiger partial charge is 0.330 e. The second-order valence-corrected chi connectivity index (χ2v) is 14.5. The fourth-order valence-corrected chi connectivity index (χ4v) is 7.68. The highest BCUT2D eigenvalue weighted by atomic mass is 16.8. The third-order valence-electron chi connectivity index (χ3n) is 10.3. The summed E-state index contributed by atoms with van der Waals surface area (Å²) in [5.74, 6) is -1.45. The topological polar surface area (TPSA) is 171 Å². The number of aryl methyl sites for hydroxylation is 1. The molecule has 2 fully saturated rings. The van der Waals surface area contributed by atoms with E-state index < -0.39 is 77.3 Å². The Kier molecular flexibility index (Phi) is 16.4. The number of nitrogens with one attached hydrogen (secondary N) is 1. The van der Waals surface area contributed by atoms with Gasteiger partial charge in [0.25, 0.3) is 5.56 Å². The van der Waals surface area contributed by atoms with E-state index in [0.717, 1.165) is 24.0 Å². The molecule has 1 aromatic heterocycles. The standard InChI is InChI=1S/C23H30N2O6.C20H28O6/c1-5-12-23(6-2)19(29-14-17-10-8-7-9-11-17)18(30-16(4)26)21(31-23)25-13-15(3)20(27)24-22(25)28;1-5-12-20(6-2)18(23-13-16-10-8-7-9-11-16)17(24-14(3)21)19(26-20)25-15(4)22/h7-11,13,18-19,21H,5-6,12,14H2,1-4H3,(H,24,27,28);7-11,17-19H,5-6,12-13H2,1-4H3/t18-,19?,21+,23-;17-,18?,19?,20-/m00/s1. The van der Waals surface area contributed by atoms with Crippen molar-refractivity contribution >= 4 is 17.9 Å². The molecule has 3 unspecified atom stereocenters. The van der Waals surface area contributed by atoms with Gasteiger partial charge in [-0.25, -0.2) is 4.79 Å². The molecule has 2 saturated heterocycles. The summed E-state index contributed by atoms with van der Waals surface area (Å²) in [6.45, 7) is 14.3. The van der Waals surface area contributed by atoms with E-state index in [1.54, 1.807) is 6.92 Å². The predicted octanol–water partition coefficient (Wildman–Crippen LogP) is 6.21. The number of benzene rings is 2. The molecule has 2 aliphatic rings. The highest BCUT2D eigenvalue weighted by Crippen LogP contribution is 2.45. The molecule has 0 spiro atoms. The van der Waals surface area contributed by atoms with Gasteiger partial charge in [-0.2, -0.15) is 0 Å². The van der Waals surface area contributed by atoms with E-state index in [-0.39, 0.29) is 0 Å². The summed E-state index contributed by atoms with van der Waals surface area (Å²) in [5, 5.41) is 0. The minimum absolute atomic E-state index is 0.310. The molecule has 312 valence electrons. The second kappa shape index (κ2) is 20.7. The number of H-pyrrole nitrogens is 1. The van der Waals surface area contributed by atoms with Crippen molar-refractivity contribution in [3.63, 3.8) is 0 Å². The van der Waals surface area contributed by atoms with E-state index in [2.05, 4.69) is 11.9 Å². The lowest BCUT2D eigenvalue weighted by Gasteiger charge is -2.34. The molecular formula is C43H58N2O12. The van der Waals surface area contributed by atoms with Crippen molar-refractivity contribution in [2.75, 3.05) is 0 Å². The molecule has 5 rings (SSSR count). The first-order valence-electron chi connectivity index (χ1n) is 19.7. The van der Waals surface area contributed by atoms with Crippen LogP contribution in [0.15, 0.2) is 76.4 Å². The van der Waals surface area contributed by atoms with Crippen molar-refractivity contribution in [3.05, 3.63) is 104 Å². The molecule has 0 aliphatic carbocycles. The number of carbonyl (C=O) groups excluding carboxylic acids is 3. The number of nitrogens with zero attached hydrogens (tertiary/aromatic N) is 1. The number of aromatic nitrogens is 2. The SMILES string of the molecule is CCC[C@]1(CC)OC(OC(C)=O)[C@@H](OC(C)=O)C1OCc1ccccc1.CCC[C@]1(CC)O[C@@H](n2cc(C)c(=O)[nH]c2=O)[C@@H](OC(C)=O)C1OCc1ccccc1. The largest absolute Gasteiger partial charge is 0.455 e. The van der Waals surface area contributed by atoms with Gasteiger partial charge < -0.3 is 33.2 Å². The van der Waals surface area contributed by atoms with E-state index in [1.807, 2.05) is 81.4 Å². The van der Waals surface area contributed by atoms with Gasteiger partial charge in [0.1, 0.15) is 23.4 Å². The van der Waals surface area contributed by atoms with Crippen molar-refractivity contribution in [3.8, 4) is 0 Å². The zero-order chi connectivity index (χ0) is 41.8. The first-order chi connectivity index (χ1) is 27.2. The zero-order valence-corrected chi connectivity index (χ0v) is 34.3. The van der Waals surface area contributed by atoms with Gasteiger partial charge in [0.2, 0.25) is 6.29 Å². The van der Waals surface area contributed by atoms with Crippen LogP contribution in [0, 0.1) is 6.92 Å². The van der Waals surface area contributed by atoms with Gasteiger partial charge in [-0.15, -0.1) is 0 Å². The van der Waals surface area contributed by atoms with Crippen LogP contribution in [-0.4, -0.2) is 69.4 Å². The molecule has 2 aromatic carbocycles. The lowest BCUT2D eigenvalue weighted by molar-refractivity contribution is -0.205. The van der Waals surface area contributed by atoms with Gasteiger partial charge >= 0.3 is 23.6 Å². The molecule has 3 heterocycles. The molecule has 14 heteroatoms. The van der Waals surface area contributed by atoms with Crippen LogP contribution >= 0.6 is 0 Å². The van der Waals surface area contributed by atoms with Crippen LogP contribution in [0.5, 0.6) is 0 Å². The normalized spacial score (nSPS) is 26.6. The number of hydrogen-bond donors (Lipinski definition) is 1. The fourth-order valence-electron chi connectivity index (χ4n) is 7.68. The Bertz CT molecular complexity index is 1880. The number of ether oxygens (including phenoxy) is 7. The van der Waals surface area contributed by atoms with Gasteiger partial charge in [-0.3, -0.25) is 28.7 Å². The average molecular weight is 795 g/mol. The van der Waals surface area contributed by atoms with Crippen LogP contribution in [0.4, 0.5) is 0 Å². The summed E-state index contributed by atoms with van der Waals surface area (Å²) >= 11 is 0. The third-order valence-corrected chi connectivity index (χ3v) is 10.3. The minimum atomic E-state index is -0.969. The van der Waals surface area contributed by atoms with E-state index in [4.69, 9.17) is 33.2 Å². The lowest BCUT2D eigenvalue weighted by Crippen LogP contribution is -2.46. The monoisotopic (exact) mass is 794 g/mol. The molecule has 8 atom stereocenters. The highest BCUT2D eigenvalue weighted by molar-refractivity contribution is 5.67. The second-order valence-electron chi connectivity index (χ2n) is 14.5. The average Bonchev–Trinajstić information content (AvgIpc) is 3.62. The zero-order valence-electron chi connectivity index (χ0n) is 34.3. The molecule has 3 aromatic rings. The first-order valence-corrected chi connectivity index (χ1v) is 19.7. The summed E-state index contributed by atoms with van der Waals surface area (Å²) in [5.41, 5.74) is -0.172. The predicted molar refractivity (Wildman–Crippen MR) is 210 cm³/mol. The molecule has 57 heavy (non-hydrogen) atoms. The van der Waals surface area contributed by atoms with Gasteiger partial charge in [0, 0.05) is 32.5 Å². The maximum atomic E-state index is 12.6. The number of hydrogen-bond acceptors (Lipinski definition) is 12. The summed E-state index contributed by atoms with van der Waals surface area (Å²) in [4.78, 5) is 61.9. The summed E-state index contributed by atoms with van der Waals surface area (Å²) in [7, 11) is 0. The van der Waals surface area contributed by atoms with Crippen LogP contribution in [0.3, 0.4) is 0 Å². The van der Waals surface area contributed by atoms with Crippen molar-refractivity contribution in [2.24, 2.45) is 0 Å². The Morgan fingerprint density at radius 1 is 0.684 bits per heavy atom. The first kappa shape index (κ1) is 45.1. The number of esters is 3. The lowest BCUT2D eigenvalue weighted by atomic mass is 9.87. The van der Waals surface area contributed by atoms with Gasteiger partial charge in [-0.05, 0) is 43.7 Å². The summed E-state index contributed by atoms with van der Waals surface area (Å²) < 4.78 is 42.8. The van der Waals surface area contributed by atoms with Crippen LogP contribution in [0.25, 0.3) is 0 Å². The van der Waals surface area contributed by atoms with E-state index in [1.165, 1.54) is 31.5 Å². The van der Waals surface area contributed by atoms with Gasteiger partial charge in [0.05, 0.1) is 13.2 Å². The Balaban J connectivity index is 0.000000257.